The van der Waals surface area contributed by atoms with E-state index in [4.69, 9.17) is 0 Å². The summed E-state index contributed by atoms with van der Waals surface area (Å²) < 4.78 is 0. The van der Waals surface area contributed by atoms with Crippen molar-refractivity contribution in [2.24, 2.45) is 0 Å². The molecule has 2 heterocycles. The van der Waals surface area contributed by atoms with Gasteiger partial charge in [0, 0.05) is 18.0 Å². The summed E-state index contributed by atoms with van der Waals surface area (Å²) in [4.78, 5) is 1.41. The zero-order valence-corrected chi connectivity index (χ0v) is 7.67. The van der Waals surface area contributed by atoms with Gasteiger partial charge in [0.1, 0.15) is 0 Å². The minimum Gasteiger partial charge on any atom is -0.309 e. The van der Waals surface area contributed by atoms with Crippen LogP contribution in [-0.4, -0.2) is 13.1 Å². The van der Waals surface area contributed by atoms with Crippen molar-refractivity contribution in [2.45, 2.75) is 0 Å². The molecule has 11 heavy (non-hydrogen) atoms. The van der Waals surface area contributed by atoms with Crippen molar-refractivity contribution in [3.63, 3.8) is 0 Å². The molecule has 0 bridgehead atoms. The Hall–Kier alpha value is -0.310. The van der Waals surface area contributed by atoms with Gasteiger partial charge in [0.05, 0.1) is 0 Å². The number of rotatable bonds is 1. The summed E-state index contributed by atoms with van der Waals surface area (Å²) in [6.45, 7) is 2.08. The maximum Gasteiger partial charge on any atom is 0.0312 e. The van der Waals surface area contributed by atoms with E-state index < -0.39 is 0 Å². The van der Waals surface area contributed by atoms with Gasteiger partial charge in [0.2, 0.25) is 0 Å². The molecule has 0 spiro atoms. The van der Waals surface area contributed by atoms with Crippen molar-refractivity contribution >= 4 is 29.3 Å². The number of hydrogen-bond donors (Lipinski definition) is 1. The van der Waals surface area contributed by atoms with E-state index in [9.17, 15) is 0 Å². The molecule has 1 N–H and O–H groups in total. The summed E-state index contributed by atoms with van der Waals surface area (Å²) in [6.07, 6.45) is 2.26. The Balaban J connectivity index is 0.000000605. The Bertz CT molecular complexity index is 241. The molecular formula is C8H10ClNS. The minimum absolute atomic E-state index is 0. The van der Waals surface area contributed by atoms with Gasteiger partial charge in [-0.05, 0) is 17.0 Å². The molecule has 1 aromatic rings. The van der Waals surface area contributed by atoms with Crippen LogP contribution < -0.4 is 5.32 Å². The summed E-state index contributed by atoms with van der Waals surface area (Å²) >= 11 is 1.81. The van der Waals surface area contributed by atoms with Gasteiger partial charge in [-0.2, -0.15) is 0 Å². The number of thiophene rings is 1. The zero-order valence-electron chi connectivity index (χ0n) is 6.04. The Kier molecular flexibility index (Phi) is 3.12. The highest BCUT2D eigenvalue weighted by Crippen LogP contribution is 2.20. The zero-order chi connectivity index (χ0) is 6.81. The molecule has 0 fully saturated rings. The van der Waals surface area contributed by atoms with E-state index in [1.165, 1.54) is 10.5 Å². The fourth-order valence-electron chi connectivity index (χ4n) is 1.12. The predicted molar refractivity (Wildman–Crippen MR) is 52.4 cm³/mol. The van der Waals surface area contributed by atoms with Gasteiger partial charge in [-0.1, -0.05) is 12.1 Å². The van der Waals surface area contributed by atoms with E-state index in [1.807, 2.05) is 11.3 Å². The van der Waals surface area contributed by atoms with Gasteiger partial charge in [0.15, 0.2) is 0 Å². The Morgan fingerprint density at radius 1 is 1.45 bits per heavy atom. The molecule has 1 aliphatic heterocycles. The molecule has 0 saturated heterocycles. The van der Waals surface area contributed by atoms with Gasteiger partial charge in [-0.25, -0.2) is 0 Å². The third-order valence-corrected chi connectivity index (χ3v) is 2.59. The quantitative estimate of drug-likeness (QED) is 0.711. The van der Waals surface area contributed by atoms with E-state index in [0.717, 1.165) is 13.1 Å². The van der Waals surface area contributed by atoms with Crippen molar-refractivity contribution < 1.29 is 0 Å². The van der Waals surface area contributed by atoms with Crippen LogP contribution in [0.25, 0.3) is 5.57 Å². The maximum absolute atomic E-state index is 3.27. The van der Waals surface area contributed by atoms with Gasteiger partial charge in [-0.15, -0.1) is 23.7 Å². The highest BCUT2D eigenvalue weighted by molar-refractivity contribution is 7.11. The molecule has 0 atom stereocenters. The Morgan fingerprint density at radius 2 is 2.36 bits per heavy atom. The average molecular weight is 188 g/mol. The molecule has 0 unspecified atom stereocenters. The van der Waals surface area contributed by atoms with E-state index in [2.05, 4.69) is 28.9 Å². The Labute approximate surface area is 76.5 Å². The summed E-state index contributed by atoms with van der Waals surface area (Å²) in [5.74, 6) is 0. The third-order valence-electron chi connectivity index (χ3n) is 1.65. The fourth-order valence-corrected chi connectivity index (χ4v) is 1.89. The van der Waals surface area contributed by atoms with Crippen LogP contribution in [0.3, 0.4) is 0 Å². The van der Waals surface area contributed by atoms with Crippen LogP contribution in [-0.2, 0) is 0 Å². The molecule has 1 aliphatic rings. The van der Waals surface area contributed by atoms with Crippen LogP contribution in [0.5, 0.6) is 0 Å². The summed E-state index contributed by atoms with van der Waals surface area (Å²) in [5.41, 5.74) is 1.45. The van der Waals surface area contributed by atoms with Crippen molar-refractivity contribution in [3.05, 3.63) is 28.5 Å². The summed E-state index contributed by atoms with van der Waals surface area (Å²) in [6, 6.07) is 4.27. The monoisotopic (exact) mass is 187 g/mol. The first-order valence-electron chi connectivity index (χ1n) is 3.40. The second kappa shape index (κ2) is 3.90. The molecule has 0 radical (unpaired) electrons. The second-order valence-corrected chi connectivity index (χ2v) is 3.29. The summed E-state index contributed by atoms with van der Waals surface area (Å²) in [5, 5.41) is 5.39. The van der Waals surface area contributed by atoms with Crippen LogP contribution in [0.4, 0.5) is 0 Å². The van der Waals surface area contributed by atoms with Gasteiger partial charge < -0.3 is 5.32 Å². The smallest absolute Gasteiger partial charge is 0.0312 e. The lowest BCUT2D eigenvalue weighted by Gasteiger charge is -1.93. The SMILES string of the molecule is C1=C(c2cccs2)CNC1.Cl. The number of nitrogens with one attached hydrogen (secondary N) is 1. The molecule has 0 amide bonds. The van der Waals surface area contributed by atoms with Crippen molar-refractivity contribution in [3.8, 4) is 0 Å². The van der Waals surface area contributed by atoms with Gasteiger partial charge in [0.25, 0.3) is 0 Å². The molecule has 1 aromatic heterocycles. The van der Waals surface area contributed by atoms with E-state index >= 15 is 0 Å². The Morgan fingerprint density at radius 3 is 2.91 bits per heavy atom. The van der Waals surface area contributed by atoms with Crippen molar-refractivity contribution in [1.29, 1.82) is 0 Å². The number of hydrogen-bond acceptors (Lipinski definition) is 2. The first-order valence-corrected chi connectivity index (χ1v) is 4.28. The standard InChI is InChI=1S/C8H9NS.ClH/c1-2-8(10-5-1)7-3-4-9-6-7;/h1-3,5,9H,4,6H2;1H. The topological polar surface area (TPSA) is 12.0 Å². The second-order valence-electron chi connectivity index (χ2n) is 2.34. The van der Waals surface area contributed by atoms with Crippen LogP contribution in [0.2, 0.25) is 0 Å². The van der Waals surface area contributed by atoms with Gasteiger partial charge in [-0.3, -0.25) is 0 Å². The van der Waals surface area contributed by atoms with Crippen molar-refractivity contribution in [2.75, 3.05) is 13.1 Å². The molecule has 0 aliphatic carbocycles. The average Bonchev–Trinajstić information content (AvgIpc) is 2.59. The minimum atomic E-state index is 0. The molecule has 2 rings (SSSR count). The largest absolute Gasteiger partial charge is 0.309 e. The molecular weight excluding hydrogens is 178 g/mol. The van der Waals surface area contributed by atoms with Gasteiger partial charge >= 0.3 is 0 Å². The first kappa shape index (κ1) is 8.78. The molecule has 0 saturated carbocycles. The lowest BCUT2D eigenvalue weighted by Crippen LogP contribution is -2.07. The first-order chi connectivity index (χ1) is 4.97. The summed E-state index contributed by atoms with van der Waals surface area (Å²) in [7, 11) is 0. The molecule has 0 aromatic carbocycles. The lowest BCUT2D eigenvalue weighted by atomic mass is 10.2. The van der Waals surface area contributed by atoms with E-state index in [1.54, 1.807) is 0 Å². The maximum atomic E-state index is 3.27. The van der Waals surface area contributed by atoms with Crippen LogP contribution >= 0.6 is 23.7 Å². The lowest BCUT2D eigenvalue weighted by molar-refractivity contribution is 0.898. The van der Waals surface area contributed by atoms with Crippen LogP contribution in [0.1, 0.15) is 4.88 Å². The highest BCUT2D eigenvalue weighted by Gasteiger charge is 2.05. The third kappa shape index (κ3) is 1.83. The van der Waals surface area contributed by atoms with E-state index in [0.29, 0.717) is 0 Å². The van der Waals surface area contributed by atoms with E-state index in [-0.39, 0.29) is 12.4 Å². The van der Waals surface area contributed by atoms with Crippen LogP contribution in [0, 0.1) is 0 Å². The highest BCUT2D eigenvalue weighted by atomic mass is 35.5. The molecule has 3 heteroatoms. The van der Waals surface area contributed by atoms with Crippen molar-refractivity contribution in [1.82, 2.24) is 5.32 Å². The predicted octanol–water partition coefficient (Wildman–Crippen LogP) is 2.16. The fraction of sp³-hybridized carbons (Fsp3) is 0.250. The molecule has 60 valence electrons. The molecule has 1 nitrogen and oxygen atoms in total. The normalized spacial score (nSPS) is 15.8. The van der Waals surface area contributed by atoms with Crippen LogP contribution in [0.15, 0.2) is 23.6 Å². The number of halogens is 1.